The van der Waals surface area contributed by atoms with Crippen LogP contribution in [-0.4, -0.2) is 33.1 Å². The van der Waals surface area contributed by atoms with Crippen molar-refractivity contribution in [1.82, 2.24) is 14.9 Å². The van der Waals surface area contributed by atoms with E-state index >= 15 is 0 Å². The van der Waals surface area contributed by atoms with E-state index < -0.39 is 4.92 Å². The molecule has 0 unspecified atom stereocenters. The number of aromatic nitrogens is 3. The second kappa shape index (κ2) is 8.65. The molecule has 150 valence electrons. The van der Waals surface area contributed by atoms with Crippen molar-refractivity contribution in [1.29, 1.82) is 0 Å². The van der Waals surface area contributed by atoms with E-state index in [1.165, 1.54) is 10.7 Å². The van der Waals surface area contributed by atoms with Crippen LogP contribution in [0.15, 0.2) is 41.5 Å². The summed E-state index contributed by atoms with van der Waals surface area (Å²) in [4.78, 5) is 10.8. The van der Waals surface area contributed by atoms with Crippen LogP contribution in [0.5, 0.6) is 11.5 Å². The van der Waals surface area contributed by atoms with Gasteiger partial charge in [-0.2, -0.15) is 14.9 Å². The quantitative estimate of drug-likeness (QED) is 0.272. The number of nitro benzene ring substituents is 1. The van der Waals surface area contributed by atoms with Crippen molar-refractivity contribution in [2.75, 3.05) is 7.11 Å². The molecule has 0 aliphatic carbocycles. The second-order valence-electron chi connectivity index (χ2n) is 6.22. The van der Waals surface area contributed by atoms with Gasteiger partial charge >= 0.3 is 5.69 Å². The molecular weight excluding hydrogens is 394 g/mol. The largest absolute Gasteiger partial charge is 0.496 e. The van der Waals surface area contributed by atoms with Gasteiger partial charge in [-0.1, -0.05) is 6.07 Å². The Kier molecular flexibility index (Phi) is 6.03. The Balaban J connectivity index is 1.86. The van der Waals surface area contributed by atoms with Crippen molar-refractivity contribution in [3.05, 3.63) is 73.8 Å². The smallest absolute Gasteiger partial charge is 0.310 e. The minimum absolute atomic E-state index is 0.0860. The summed E-state index contributed by atoms with van der Waals surface area (Å²) in [5.41, 5.74) is 2.29. The molecule has 29 heavy (non-hydrogen) atoms. The Morgan fingerprint density at radius 1 is 1.28 bits per heavy atom. The molecule has 2 aromatic carbocycles. The number of hydrogen-bond acceptors (Lipinski definition) is 7. The Bertz CT molecular complexity index is 1140. The lowest BCUT2D eigenvalue weighted by Gasteiger charge is -2.12. The van der Waals surface area contributed by atoms with Gasteiger partial charge in [0, 0.05) is 11.6 Å². The summed E-state index contributed by atoms with van der Waals surface area (Å²) in [7, 11) is 1.55. The van der Waals surface area contributed by atoms with Crippen LogP contribution < -0.4 is 9.47 Å². The molecule has 1 N–H and O–H groups in total. The summed E-state index contributed by atoms with van der Waals surface area (Å²) in [6.45, 7) is 3.72. The Morgan fingerprint density at radius 2 is 2.07 bits per heavy atom. The Labute approximate surface area is 171 Å². The number of hydrogen-bond donors (Lipinski definition) is 1. The number of benzene rings is 2. The highest BCUT2D eigenvalue weighted by Gasteiger charge is 2.16. The zero-order chi connectivity index (χ0) is 21.0. The monoisotopic (exact) mass is 413 g/mol. The number of nitrogens with one attached hydrogen (secondary N) is 1. The highest BCUT2D eigenvalue weighted by molar-refractivity contribution is 7.71. The summed E-state index contributed by atoms with van der Waals surface area (Å²) in [5, 5.41) is 22.2. The number of H-pyrrole nitrogens is 1. The van der Waals surface area contributed by atoms with E-state index in [0.29, 0.717) is 16.3 Å². The van der Waals surface area contributed by atoms with Crippen LogP contribution >= 0.6 is 12.2 Å². The number of nitro groups is 1. The molecule has 0 fully saturated rings. The van der Waals surface area contributed by atoms with E-state index in [4.69, 9.17) is 21.7 Å². The molecule has 0 aliphatic rings. The first-order valence-corrected chi connectivity index (χ1v) is 9.03. The van der Waals surface area contributed by atoms with Gasteiger partial charge in [-0.05, 0) is 61.5 Å². The third-order valence-corrected chi connectivity index (χ3v) is 4.40. The topological polar surface area (TPSA) is 108 Å². The van der Waals surface area contributed by atoms with Crippen LogP contribution in [0, 0.1) is 28.7 Å². The van der Waals surface area contributed by atoms with Gasteiger partial charge in [-0.15, -0.1) is 0 Å². The molecule has 1 aromatic heterocycles. The van der Waals surface area contributed by atoms with Gasteiger partial charge in [-0.3, -0.25) is 15.2 Å². The molecule has 10 heteroatoms. The summed E-state index contributed by atoms with van der Waals surface area (Å²) >= 11 is 5.13. The molecule has 3 rings (SSSR count). The molecule has 0 bridgehead atoms. The zero-order valence-corrected chi connectivity index (χ0v) is 16.9. The molecular formula is C19H19N5O4S. The molecule has 3 aromatic rings. The van der Waals surface area contributed by atoms with E-state index in [0.717, 1.165) is 16.7 Å². The minimum atomic E-state index is -0.466. The van der Waals surface area contributed by atoms with E-state index in [-0.39, 0.29) is 18.0 Å². The van der Waals surface area contributed by atoms with Gasteiger partial charge in [0.15, 0.2) is 5.75 Å². The van der Waals surface area contributed by atoms with Crippen molar-refractivity contribution < 1.29 is 14.4 Å². The molecule has 1 heterocycles. The fraction of sp³-hybridized carbons (Fsp3) is 0.211. The van der Waals surface area contributed by atoms with Crippen molar-refractivity contribution in [3.63, 3.8) is 0 Å². The predicted octanol–water partition coefficient (Wildman–Crippen LogP) is 3.94. The van der Waals surface area contributed by atoms with Gasteiger partial charge in [0.25, 0.3) is 0 Å². The SMILES string of the molecule is COc1ccc(/C=N\n2c(C)n[nH]c2=S)cc1COc1cc(C)ccc1[N+](=O)[O-]. The highest BCUT2D eigenvalue weighted by atomic mass is 32.1. The Morgan fingerprint density at radius 3 is 2.72 bits per heavy atom. The third kappa shape index (κ3) is 4.66. The van der Waals surface area contributed by atoms with Gasteiger partial charge in [-0.25, -0.2) is 0 Å². The van der Waals surface area contributed by atoms with Crippen molar-refractivity contribution in [2.45, 2.75) is 20.5 Å². The van der Waals surface area contributed by atoms with Crippen LogP contribution in [-0.2, 0) is 6.61 Å². The first kappa shape index (κ1) is 20.2. The second-order valence-corrected chi connectivity index (χ2v) is 6.61. The lowest BCUT2D eigenvalue weighted by atomic mass is 10.1. The predicted molar refractivity (Wildman–Crippen MR) is 110 cm³/mol. The van der Waals surface area contributed by atoms with E-state index in [2.05, 4.69) is 15.3 Å². The molecule has 0 amide bonds. The molecule has 0 radical (unpaired) electrons. The molecule has 0 saturated carbocycles. The number of ether oxygens (including phenoxy) is 2. The summed E-state index contributed by atoms with van der Waals surface area (Å²) < 4.78 is 13.0. The summed E-state index contributed by atoms with van der Waals surface area (Å²) in [6.07, 6.45) is 1.64. The number of rotatable bonds is 7. The molecule has 0 aliphatic heterocycles. The standard InChI is InChI=1S/C19H19N5O4S/c1-12-4-6-16(24(25)26)18(8-12)28-11-15-9-14(5-7-17(15)27-3)10-20-23-13(2)21-22-19(23)29/h4-10H,11H2,1-3H3,(H,22,29)/b20-10-. The van der Waals surface area contributed by atoms with E-state index in [9.17, 15) is 10.1 Å². The van der Waals surface area contributed by atoms with E-state index in [1.54, 1.807) is 38.4 Å². The first-order valence-electron chi connectivity index (χ1n) is 8.62. The minimum Gasteiger partial charge on any atom is -0.496 e. The maximum atomic E-state index is 11.2. The van der Waals surface area contributed by atoms with Gasteiger partial charge in [0.2, 0.25) is 4.77 Å². The average Bonchev–Trinajstić information content (AvgIpc) is 3.02. The molecule has 0 spiro atoms. The summed E-state index contributed by atoms with van der Waals surface area (Å²) in [6, 6.07) is 10.2. The molecule has 9 nitrogen and oxygen atoms in total. The molecule has 0 saturated heterocycles. The third-order valence-electron chi connectivity index (χ3n) is 4.13. The fourth-order valence-electron chi connectivity index (χ4n) is 2.67. The highest BCUT2D eigenvalue weighted by Crippen LogP contribution is 2.30. The number of nitrogens with zero attached hydrogens (tertiary/aromatic N) is 4. The zero-order valence-electron chi connectivity index (χ0n) is 16.1. The van der Waals surface area contributed by atoms with E-state index in [1.807, 2.05) is 19.1 Å². The van der Waals surface area contributed by atoms with Crippen LogP contribution in [0.2, 0.25) is 0 Å². The van der Waals surface area contributed by atoms with Crippen molar-refractivity contribution >= 4 is 24.1 Å². The van der Waals surface area contributed by atoms with Crippen LogP contribution in [0.25, 0.3) is 0 Å². The maximum absolute atomic E-state index is 11.2. The van der Waals surface area contributed by atoms with Crippen molar-refractivity contribution in [3.8, 4) is 11.5 Å². The molecule has 0 atom stereocenters. The maximum Gasteiger partial charge on any atom is 0.310 e. The normalized spacial score (nSPS) is 11.0. The van der Waals surface area contributed by atoms with Crippen LogP contribution in [0.3, 0.4) is 0 Å². The first-order chi connectivity index (χ1) is 13.9. The van der Waals surface area contributed by atoms with Gasteiger partial charge in [0.05, 0.1) is 18.2 Å². The lowest BCUT2D eigenvalue weighted by molar-refractivity contribution is -0.386. The average molecular weight is 413 g/mol. The van der Waals surface area contributed by atoms with Gasteiger partial charge < -0.3 is 9.47 Å². The Hall–Kier alpha value is -3.53. The van der Waals surface area contributed by atoms with Crippen molar-refractivity contribution in [2.24, 2.45) is 5.10 Å². The summed E-state index contributed by atoms with van der Waals surface area (Å²) in [5.74, 6) is 1.44. The lowest BCUT2D eigenvalue weighted by Crippen LogP contribution is -2.02. The van der Waals surface area contributed by atoms with Crippen LogP contribution in [0.1, 0.15) is 22.5 Å². The van der Waals surface area contributed by atoms with Crippen LogP contribution in [0.4, 0.5) is 5.69 Å². The fourth-order valence-corrected chi connectivity index (χ4v) is 2.89. The number of aryl methyl sites for hydroxylation is 2. The van der Waals surface area contributed by atoms with Gasteiger partial charge in [0.1, 0.15) is 18.2 Å². The number of methoxy groups -OCH3 is 1. The number of aromatic amines is 1.